The average molecular weight is 552 g/mol. The third-order valence-corrected chi connectivity index (χ3v) is 7.13. The van der Waals surface area contributed by atoms with E-state index in [1.807, 2.05) is 50.4 Å². The Balaban J connectivity index is 1.26. The van der Waals surface area contributed by atoms with Gasteiger partial charge in [-0.1, -0.05) is 11.8 Å². The first kappa shape index (κ1) is 26.0. The number of fused-ring (bicyclic) bond motifs is 2. The van der Waals surface area contributed by atoms with Crippen molar-refractivity contribution < 1.29 is 14.3 Å². The number of hydrogen-bond acceptors (Lipinski definition) is 10. The molecule has 1 amide bonds. The van der Waals surface area contributed by atoms with Crippen molar-refractivity contribution in [2.75, 3.05) is 43.5 Å². The molecule has 4 heterocycles. The molecule has 1 aliphatic rings. The second-order valence-electron chi connectivity index (χ2n) is 9.68. The van der Waals surface area contributed by atoms with Crippen molar-refractivity contribution in [2.24, 2.45) is 7.05 Å². The molecule has 0 radical (unpaired) electrons. The summed E-state index contributed by atoms with van der Waals surface area (Å²) in [4.78, 5) is 29.5. The third-order valence-electron chi connectivity index (χ3n) is 7.13. The molecular formula is C29H29N9O3. The molecule has 6 rings (SSSR count). The van der Waals surface area contributed by atoms with Crippen LogP contribution < -0.4 is 19.7 Å². The van der Waals surface area contributed by atoms with E-state index < -0.39 is 0 Å². The highest BCUT2D eigenvalue weighted by molar-refractivity contribution is 5.98. The number of nitrogens with one attached hydrogen (secondary N) is 1. The fraction of sp³-hybridized carbons (Fsp3) is 0.241. The van der Waals surface area contributed by atoms with Gasteiger partial charge in [-0.3, -0.25) is 4.79 Å². The SMILES string of the molecule is C=CC(=O)N1CCN(c2ncc3ncnc(Nc4ccc(Oc5ccc6c(c5)nnn6C)c(C)c4)c3c2OC)CC1. The predicted octanol–water partition coefficient (Wildman–Crippen LogP) is 3.99. The van der Waals surface area contributed by atoms with Gasteiger partial charge in [0.25, 0.3) is 0 Å². The number of amides is 1. The van der Waals surface area contributed by atoms with E-state index in [1.54, 1.807) is 22.9 Å². The maximum atomic E-state index is 12.0. The number of anilines is 3. The van der Waals surface area contributed by atoms with Gasteiger partial charge in [0.2, 0.25) is 5.91 Å². The zero-order valence-corrected chi connectivity index (χ0v) is 23.0. The molecule has 41 heavy (non-hydrogen) atoms. The Morgan fingerprint density at radius 3 is 2.63 bits per heavy atom. The highest BCUT2D eigenvalue weighted by Crippen LogP contribution is 2.38. The van der Waals surface area contributed by atoms with Crippen LogP contribution in [0.2, 0.25) is 0 Å². The van der Waals surface area contributed by atoms with Crippen LogP contribution in [0.3, 0.4) is 0 Å². The molecule has 1 aliphatic heterocycles. The molecule has 1 saturated heterocycles. The molecular weight excluding hydrogens is 522 g/mol. The van der Waals surface area contributed by atoms with E-state index in [0.717, 1.165) is 33.4 Å². The Morgan fingerprint density at radius 1 is 1.05 bits per heavy atom. The smallest absolute Gasteiger partial charge is 0.246 e. The monoisotopic (exact) mass is 551 g/mol. The average Bonchev–Trinajstić information content (AvgIpc) is 3.37. The lowest BCUT2D eigenvalue weighted by Crippen LogP contribution is -2.48. The second-order valence-corrected chi connectivity index (χ2v) is 9.68. The van der Waals surface area contributed by atoms with Crippen LogP contribution in [0.1, 0.15) is 5.56 Å². The van der Waals surface area contributed by atoms with Gasteiger partial charge >= 0.3 is 0 Å². The van der Waals surface area contributed by atoms with Crippen LogP contribution in [0.25, 0.3) is 21.9 Å². The van der Waals surface area contributed by atoms with Crippen molar-refractivity contribution in [1.82, 2.24) is 34.8 Å². The maximum Gasteiger partial charge on any atom is 0.246 e. The van der Waals surface area contributed by atoms with E-state index >= 15 is 0 Å². The Hall–Kier alpha value is -5.26. The summed E-state index contributed by atoms with van der Waals surface area (Å²) in [6.45, 7) is 7.96. The van der Waals surface area contributed by atoms with Crippen LogP contribution in [0, 0.1) is 6.92 Å². The molecule has 0 unspecified atom stereocenters. The van der Waals surface area contributed by atoms with Crippen molar-refractivity contribution in [2.45, 2.75) is 6.92 Å². The Bertz CT molecular complexity index is 1780. The lowest BCUT2D eigenvalue weighted by molar-refractivity contribution is -0.126. The van der Waals surface area contributed by atoms with E-state index in [9.17, 15) is 4.79 Å². The van der Waals surface area contributed by atoms with Gasteiger partial charge in [0.1, 0.15) is 29.2 Å². The Labute approximate surface area is 236 Å². The molecule has 3 aromatic heterocycles. The molecule has 12 nitrogen and oxygen atoms in total. The number of carbonyl (C=O) groups excluding carboxylic acids is 1. The van der Waals surface area contributed by atoms with Crippen LogP contribution in [0.15, 0.2) is 61.6 Å². The molecule has 208 valence electrons. The molecule has 0 aliphatic carbocycles. The molecule has 0 bridgehead atoms. The predicted molar refractivity (Wildman–Crippen MR) is 156 cm³/mol. The molecule has 1 N–H and O–H groups in total. The van der Waals surface area contributed by atoms with Crippen molar-refractivity contribution in [3.05, 3.63) is 67.1 Å². The molecule has 12 heteroatoms. The fourth-order valence-electron chi connectivity index (χ4n) is 4.98. The van der Waals surface area contributed by atoms with Gasteiger partial charge in [-0.2, -0.15) is 0 Å². The lowest BCUT2D eigenvalue weighted by Gasteiger charge is -2.35. The molecule has 0 spiro atoms. The van der Waals surface area contributed by atoms with E-state index in [1.165, 1.54) is 12.4 Å². The van der Waals surface area contributed by atoms with Crippen LogP contribution in [0.5, 0.6) is 17.2 Å². The third kappa shape index (κ3) is 4.95. The summed E-state index contributed by atoms with van der Waals surface area (Å²) in [7, 11) is 3.47. The highest BCUT2D eigenvalue weighted by atomic mass is 16.5. The number of pyridine rings is 1. The van der Waals surface area contributed by atoms with Crippen molar-refractivity contribution >= 4 is 45.2 Å². The maximum absolute atomic E-state index is 12.0. The van der Waals surface area contributed by atoms with Crippen LogP contribution in [-0.2, 0) is 11.8 Å². The Kier molecular flexibility index (Phi) is 6.79. The highest BCUT2D eigenvalue weighted by Gasteiger charge is 2.25. The number of aromatic nitrogens is 6. The molecule has 0 saturated carbocycles. The quantitative estimate of drug-likeness (QED) is 0.297. The minimum atomic E-state index is -0.0683. The number of methoxy groups -OCH3 is 1. The number of aryl methyl sites for hydroxylation is 2. The summed E-state index contributed by atoms with van der Waals surface area (Å²) in [5.74, 6) is 3.19. The van der Waals surface area contributed by atoms with Crippen molar-refractivity contribution in [1.29, 1.82) is 0 Å². The van der Waals surface area contributed by atoms with E-state index in [2.05, 4.69) is 42.1 Å². The van der Waals surface area contributed by atoms with E-state index in [-0.39, 0.29) is 5.91 Å². The van der Waals surface area contributed by atoms with Crippen LogP contribution in [0.4, 0.5) is 17.3 Å². The summed E-state index contributed by atoms with van der Waals surface area (Å²) in [5, 5.41) is 12.4. The number of piperazine rings is 1. The largest absolute Gasteiger partial charge is 0.492 e. The van der Waals surface area contributed by atoms with Crippen molar-refractivity contribution in [3.63, 3.8) is 0 Å². The van der Waals surface area contributed by atoms with E-state index in [4.69, 9.17) is 9.47 Å². The van der Waals surface area contributed by atoms with Crippen molar-refractivity contribution in [3.8, 4) is 17.2 Å². The van der Waals surface area contributed by atoms with Gasteiger partial charge in [-0.05, 0) is 48.9 Å². The zero-order chi connectivity index (χ0) is 28.5. The topological polar surface area (TPSA) is 123 Å². The van der Waals surface area contributed by atoms with Gasteiger partial charge < -0.3 is 24.6 Å². The number of benzene rings is 2. The lowest BCUT2D eigenvalue weighted by atomic mass is 10.2. The first-order chi connectivity index (χ1) is 19.9. The minimum absolute atomic E-state index is 0.0683. The summed E-state index contributed by atoms with van der Waals surface area (Å²) >= 11 is 0. The number of carbonyl (C=O) groups is 1. The number of nitrogens with zero attached hydrogens (tertiary/aromatic N) is 8. The molecule has 0 atom stereocenters. The first-order valence-electron chi connectivity index (χ1n) is 13.1. The molecule has 5 aromatic rings. The minimum Gasteiger partial charge on any atom is -0.492 e. The number of ether oxygens (including phenoxy) is 2. The number of rotatable bonds is 7. The van der Waals surface area contributed by atoms with E-state index in [0.29, 0.717) is 54.8 Å². The summed E-state index contributed by atoms with van der Waals surface area (Å²) in [6, 6.07) is 11.6. The van der Waals surface area contributed by atoms with Gasteiger partial charge in [0.05, 0.1) is 29.7 Å². The number of hydrogen-bond donors (Lipinski definition) is 1. The molecule has 1 fully saturated rings. The van der Waals surface area contributed by atoms with Gasteiger partial charge in [-0.25, -0.2) is 19.6 Å². The van der Waals surface area contributed by atoms with Gasteiger partial charge in [0, 0.05) is 45.0 Å². The van der Waals surface area contributed by atoms with Gasteiger partial charge in [-0.15, -0.1) is 5.10 Å². The summed E-state index contributed by atoms with van der Waals surface area (Å²) in [6.07, 6.45) is 4.56. The standard InChI is InChI=1S/C29H29N9O3/c1-5-25(39)37-10-12-38(13-11-37)29-27(40-4)26-22(16-30-29)31-17-32-28(26)33-19-6-9-24(18(2)14-19)41-20-7-8-23-21(15-20)34-35-36(23)3/h5-9,14-17H,1,10-13H2,2-4H3,(H,31,32,33). The Morgan fingerprint density at radius 2 is 1.88 bits per heavy atom. The molecule has 2 aromatic carbocycles. The van der Waals surface area contributed by atoms with Gasteiger partial charge in [0.15, 0.2) is 11.6 Å². The fourth-order valence-corrected chi connectivity index (χ4v) is 4.98. The summed E-state index contributed by atoms with van der Waals surface area (Å²) < 4.78 is 13.8. The summed E-state index contributed by atoms with van der Waals surface area (Å²) in [5.41, 5.74) is 4.13. The zero-order valence-electron chi connectivity index (χ0n) is 23.0. The van der Waals surface area contributed by atoms with Crippen LogP contribution in [-0.4, -0.2) is 74.0 Å². The van der Waals surface area contributed by atoms with Crippen LogP contribution >= 0.6 is 0 Å². The normalized spacial score (nSPS) is 13.4. The second kappa shape index (κ2) is 10.7. The first-order valence-corrected chi connectivity index (χ1v) is 13.1.